The fraction of sp³-hybridized carbons (Fsp3) is 0.462. The predicted molar refractivity (Wildman–Crippen MR) is 78.2 cm³/mol. The van der Waals surface area contributed by atoms with Gasteiger partial charge in [-0.1, -0.05) is 11.6 Å². The van der Waals surface area contributed by atoms with Crippen LogP contribution in [0.2, 0.25) is 5.02 Å². The molecule has 1 aliphatic rings. The lowest BCUT2D eigenvalue weighted by atomic mass is 10.0. The van der Waals surface area contributed by atoms with E-state index in [9.17, 15) is 4.79 Å². The monoisotopic (exact) mass is 284 g/mol. The molecule has 0 aromatic heterocycles. The summed E-state index contributed by atoms with van der Waals surface area (Å²) in [7, 11) is 0. The summed E-state index contributed by atoms with van der Waals surface area (Å²) in [5, 5.41) is 3.46. The van der Waals surface area contributed by atoms with Crippen LogP contribution in [-0.2, 0) is 0 Å². The van der Waals surface area contributed by atoms with E-state index in [0.29, 0.717) is 22.2 Å². The SMILES string of the molecule is Nc1cc(Cl)cc(C(=O)NCC2CCSCC2)c1. The number of thioether (sulfide) groups is 1. The number of rotatable bonds is 3. The number of halogens is 1. The molecule has 2 rings (SSSR count). The van der Waals surface area contributed by atoms with Crippen LogP contribution in [0.5, 0.6) is 0 Å². The van der Waals surface area contributed by atoms with E-state index in [2.05, 4.69) is 5.32 Å². The van der Waals surface area contributed by atoms with Gasteiger partial charge in [-0.15, -0.1) is 0 Å². The van der Waals surface area contributed by atoms with Crippen molar-refractivity contribution in [2.45, 2.75) is 12.8 Å². The summed E-state index contributed by atoms with van der Waals surface area (Å²) < 4.78 is 0. The van der Waals surface area contributed by atoms with Crippen LogP contribution in [0.4, 0.5) is 5.69 Å². The lowest BCUT2D eigenvalue weighted by molar-refractivity contribution is 0.0946. The Hall–Kier alpha value is -0.870. The third kappa shape index (κ3) is 3.82. The first kappa shape index (κ1) is 13.6. The van der Waals surface area contributed by atoms with Crippen molar-refractivity contribution < 1.29 is 4.79 Å². The number of nitrogens with one attached hydrogen (secondary N) is 1. The van der Waals surface area contributed by atoms with Gasteiger partial charge in [0, 0.05) is 22.8 Å². The molecular weight excluding hydrogens is 268 g/mol. The quantitative estimate of drug-likeness (QED) is 0.839. The maximum atomic E-state index is 12.0. The van der Waals surface area contributed by atoms with Crippen molar-refractivity contribution in [2.75, 3.05) is 23.8 Å². The van der Waals surface area contributed by atoms with Crippen LogP contribution < -0.4 is 11.1 Å². The van der Waals surface area contributed by atoms with Crippen molar-refractivity contribution >= 4 is 35.0 Å². The first-order valence-electron chi connectivity index (χ1n) is 6.07. The average molecular weight is 285 g/mol. The van der Waals surface area contributed by atoms with E-state index in [-0.39, 0.29) is 5.91 Å². The van der Waals surface area contributed by atoms with Crippen LogP contribution >= 0.6 is 23.4 Å². The van der Waals surface area contributed by atoms with Gasteiger partial charge in [0.25, 0.3) is 5.91 Å². The number of benzene rings is 1. The summed E-state index contributed by atoms with van der Waals surface area (Å²) in [6, 6.07) is 4.93. The minimum absolute atomic E-state index is 0.0950. The standard InChI is InChI=1S/C13H17ClN2OS/c14-11-5-10(6-12(15)7-11)13(17)16-8-9-1-3-18-4-2-9/h5-7,9H,1-4,8,15H2,(H,16,17). The van der Waals surface area contributed by atoms with Crippen LogP contribution in [0.1, 0.15) is 23.2 Å². The second-order valence-corrected chi connectivity index (χ2v) is 6.20. The molecule has 0 spiro atoms. The number of carbonyl (C=O) groups is 1. The maximum Gasteiger partial charge on any atom is 0.251 e. The number of carbonyl (C=O) groups excluding carboxylic acids is 1. The Morgan fingerprint density at radius 2 is 2.11 bits per heavy atom. The van der Waals surface area contributed by atoms with E-state index in [1.165, 1.54) is 24.3 Å². The van der Waals surface area contributed by atoms with Gasteiger partial charge in [0.05, 0.1) is 0 Å². The van der Waals surface area contributed by atoms with Crippen molar-refractivity contribution in [3.05, 3.63) is 28.8 Å². The van der Waals surface area contributed by atoms with Crippen LogP contribution in [0.15, 0.2) is 18.2 Å². The molecule has 5 heteroatoms. The molecule has 98 valence electrons. The summed E-state index contributed by atoms with van der Waals surface area (Å²) in [6.45, 7) is 0.742. The average Bonchev–Trinajstić information content (AvgIpc) is 2.36. The molecule has 1 aromatic carbocycles. The van der Waals surface area contributed by atoms with Gasteiger partial charge in [-0.25, -0.2) is 0 Å². The molecule has 1 saturated heterocycles. The van der Waals surface area contributed by atoms with E-state index < -0.39 is 0 Å². The molecule has 0 atom stereocenters. The molecule has 3 N–H and O–H groups in total. The van der Waals surface area contributed by atoms with Crippen molar-refractivity contribution in [3.63, 3.8) is 0 Å². The van der Waals surface area contributed by atoms with Gasteiger partial charge in [-0.3, -0.25) is 4.79 Å². The number of amides is 1. The number of hydrogen-bond acceptors (Lipinski definition) is 3. The molecule has 0 saturated carbocycles. The zero-order valence-electron chi connectivity index (χ0n) is 10.1. The Labute approximate surface area is 116 Å². The van der Waals surface area contributed by atoms with Gasteiger partial charge in [-0.05, 0) is 48.5 Å². The van der Waals surface area contributed by atoms with Crippen LogP contribution in [0.25, 0.3) is 0 Å². The minimum atomic E-state index is -0.0950. The normalized spacial score (nSPS) is 16.5. The van der Waals surface area contributed by atoms with E-state index in [4.69, 9.17) is 17.3 Å². The van der Waals surface area contributed by atoms with Gasteiger partial charge in [-0.2, -0.15) is 11.8 Å². The highest BCUT2D eigenvalue weighted by Gasteiger charge is 2.15. The topological polar surface area (TPSA) is 55.1 Å². The Kier molecular flexibility index (Phi) is 4.78. The first-order chi connectivity index (χ1) is 8.65. The molecule has 1 heterocycles. The fourth-order valence-corrected chi connectivity index (χ4v) is 3.48. The highest BCUT2D eigenvalue weighted by atomic mass is 35.5. The summed E-state index contributed by atoms with van der Waals surface area (Å²) in [5.74, 6) is 2.91. The van der Waals surface area contributed by atoms with Gasteiger partial charge >= 0.3 is 0 Å². The van der Waals surface area contributed by atoms with Crippen molar-refractivity contribution in [2.24, 2.45) is 5.92 Å². The largest absolute Gasteiger partial charge is 0.399 e. The van der Waals surface area contributed by atoms with E-state index in [0.717, 1.165) is 6.54 Å². The molecule has 18 heavy (non-hydrogen) atoms. The Morgan fingerprint density at radius 3 is 2.78 bits per heavy atom. The number of nitrogens with two attached hydrogens (primary N) is 1. The number of anilines is 1. The molecular formula is C13H17ClN2OS. The second-order valence-electron chi connectivity index (χ2n) is 4.54. The lowest BCUT2D eigenvalue weighted by Gasteiger charge is -2.21. The molecule has 1 aromatic rings. The molecule has 0 bridgehead atoms. The summed E-state index contributed by atoms with van der Waals surface area (Å²) in [4.78, 5) is 12.0. The van der Waals surface area contributed by atoms with Gasteiger partial charge < -0.3 is 11.1 Å². The van der Waals surface area contributed by atoms with E-state index >= 15 is 0 Å². The third-order valence-electron chi connectivity index (χ3n) is 3.07. The van der Waals surface area contributed by atoms with Crippen LogP contribution in [0, 0.1) is 5.92 Å². The highest BCUT2D eigenvalue weighted by molar-refractivity contribution is 7.99. The molecule has 1 aliphatic heterocycles. The van der Waals surface area contributed by atoms with E-state index in [1.54, 1.807) is 18.2 Å². The van der Waals surface area contributed by atoms with Gasteiger partial charge in [0.15, 0.2) is 0 Å². The predicted octanol–water partition coefficient (Wildman–Crippen LogP) is 2.80. The Morgan fingerprint density at radius 1 is 1.39 bits per heavy atom. The van der Waals surface area contributed by atoms with Crippen molar-refractivity contribution in [1.29, 1.82) is 0 Å². The number of hydrogen-bond donors (Lipinski definition) is 2. The van der Waals surface area contributed by atoms with E-state index in [1.807, 2.05) is 11.8 Å². The van der Waals surface area contributed by atoms with Crippen molar-refractivity contribution in [3.8, 4) is 0 Å². The fourth-order valence-electron chi connectivity index (χ4n) is 2.03. The first-order valence-corrected chi connectivity index (χ1v) is 7.60. The summed E-state index contributed by atoms with van der Waals surface area (Å²) >= 11 is 7.87. The van der Waals surface area contributed by atoms with Crippen LogP contribution in [-0.4, -0.2) is 24.0 Å². The smallest absolute Gasteiger partial charge is 0.251 e. The Balaban J connectivity index is 1.90. The van der Waals surface area contributed by atoms with Crippen LogP contribution in [0.3, 0.4) is 0 Å². The summed E-state index contributed by atoms with van der Waals surface area (Å²) in [6.07, 6.45) is 2.37. The number of nitrogen functional groups attached to an aromatic ring is 1. The molecule has 1 amide bonds. The van der Waals surface area contributed by atoms with Crippen molar-refractivity contribution in [1.82, 2.24) is 5.32 Å². The van der Waals surface area contributed by atoms with Gasteiger partial charge in [0.1, 0.15) is 0 Å². The second kappa shape index (κ2) is 6.34. The van der Waals surface area contributed by atoms with Gasteiger partial charge in [0.2, 0.25) is 0 Å². The molecule has 1 fully saturated rings. The molecule has 3 nitrogen and oxygen atoms in total. The molecule has 0 radical (unpaired) electrons. The zero-order valence-corrected chi connectivity index (χ0v) is 11.7. The summed E-state index contributed by atoms with van der Waals surface area (Å²) in [5.41, 5.74) is 6.72. The third-order valence-corrected chi connectivity index (χ3v) is 4.34. The molecule has 0 aliphatic carbocycles. The highest BCUT2D eigenvalue weighted by Crippen LogP contribution is 2.22. The maximum absolute atomic E-state index is 12.0. The zero-order chi connectivity index (χ0) is 13.0. The lowest BCUT2D eigenvalue weighted by Crippen LogP contribution is -2.31. The minimum Gasteiger partial charge on any atom is -0.399 e. The Bertz CT molecular complexity index is 413. The molecule has 0 unspecified atom stereocenters.